The first-order valence-corrected chi connectivity index (χ1v) is 9.68. The van der Waals surface area contributed by atoms with E-state index in [-0.39, 0.29) is 23.6 Å². The number of rotatable bonds is 6. The molecule has 6 nitrogen and oxygen atoms in total. The molecule has 0 heterocycles. The highest BCUT2D eigenvalue weighted by molar-refractivity contribution is 9.10. The number of hydrogen-bond acceptors (Lipinski definition) is 5. The fourth-order valence-corrected chi connectivity index (χ4v) is 3.34. The Balaban J connectivity index is 2.68. The average molecular weight is 371 g/mol. The van der Waals surface area contributed by atoms with Crippen LogP contribution in [0.25, 0.3) is 0 Å². The monoisotopic (exact) mass is 370 g/mol. The zero-order valence-corrected chi connectivity index (χ0v) is 13.5. The van der Waals surface area contributed by atoms with Gasteiger partial charge in [-0.1, -0.05) is 0 Å². The third-order valence-electron chi connectivity index (χ3n) is 2.26. The van der Waals surface area contributed by atoms with Crippen molar-refractivity contribution in [1.29, 1.82) is 0 Å². The standard InChI is InChI=1S/C10H15BrN2O4S2/c1-18(14,15)6-2-5-13-19(16,17)8-3-4-9(11)10(12)7-8/h3-4,7,13H,2,5-6,12H2,1H3. The number of nitrogens with two attached hydrogens (primary N) is 1. The summed E-state index contributed by atoms with van der Waals surface area (Å²) in [5, 5.41) is 0. The van der Waals surface area contributed by atoms with Crippen LogP contribution in [0.5, 0.6) is 0 Å². The molecule has 0 atom stereocenters. The van der Waals surface area contributed by atoms with E-state index in [9.17, 15) is 16.8 Å². The highest BCUT2D eigenvalue weighted by Gasteiger charge is 2.14. The van der Waals surface area contributed by atoms with Crippen molar-refractivity contribution in [2.24, 2.45) is 0 Å². The van der Waals surface area contributed by atoms with Crippen LogP contribution in [-0.4, -0.2) is 35.4 Å². The molecule has 1 aromatic rings. The minimum atomic E-state index is -3.66. The number of nitrogen functional groups attached to an aromatic ring is 1. The lowest BCUT2D eigenvalue weighted by Gasteiger charge is -2.07. The predicted molar refractivity (Wildman–Crippen MR) is 78.1 cm³/mol. The van der Waals surface area contributed by atoms with E-state index in [0.717, 1.165) is 6.26 Å². The van der Waals surface area contributed by atoms with Crippen LogP contribution < -0.4 is 10.5 Å². The van der Waals surface area contributed by atoms with E-state index in [2.05, 4.69) is 20.7 Å². The fraction of sp³-hybridized carbons (Fsp3) is 0.400. The largest absolute Gasteiger partial charge is 0.398 e. The van der Waals surface area contributed by atoms with Crippen LogP contribution in [0.2, 0.25) is 0 Å². The maximum absolute atomic E-state index is 11.9. The molecular formula is C10H15BrN2O4S2. The van der Waals surface area contributed by atoms with Gasteiger partial charge in [0.05, 0.1) is 10.6 Å². The molecule has 0 radical (unpaired) electrons. The number of anilines is 1. The third-order valence-corrected chi connectivity index (χ3v) is 5.47. The minimum Gasteiger partial charge on any atom is -0.398 e. The maximum atomic E-state index is 11.9. The van der Waals surface area contributed by atoms with Crippen LogP contribution >= 0.6 is 15.9 Å². The summed E-state index contributed by atoms with van der Waals surface area (Å²) in [7, 11) is -6.74. The summed E-state index contributed by atoms with van der Waals surface area (Å²) in [6.45, 7) is 0.0609. The summed E-state index contributed by atoms with van der Waals surface area (Å²) in [5.41, 5.74) is 5.93. The van der Waals surface area contributed by atoms with E-state index in [0.29, 0.717) is 10.2 Å². The van der Waals surface area contributed by atoms with Gasteiger partial charge < -0.3 is 5.73 Å². The lowest BCUT2D eigenvalue weighted by molar-refractivity contribution is 0.577. The number of sulfone groups is 1. The number of sulfonamides is 1. The van der Waals surface area contributed by atoms with Crippen molar-refractivity contribution in [3.05, 3.63) is 22.7 Å². The number of halogens is 1. The summed E-state index contributed by atoms with van der Waals surface area (Å²) in [6.07, 6.45) is 1.33. The minimum absolute atomic E-state index is 0.0487. The van der Waals surface area contributed by atoms with Gasteiger partial charge in [0.2, 0.25) is 10.0 Å². The molecule has 0 bridgehead atoms. The first kappa shape index (κ1) is 16.4. The van der Waals surface area contributed by atoms with Gasteiger partial charge in [-0.15, -0.1) is 0 Å². The van der Waals surface area contributed by atoms with Gasteiger partial charge in [-0.3, -0.25) is 0 Å². The lowest BCUT2D eigenvalue weighted by atomic mass is 10.3. The van der Waals surface area contributed by atoms with Gasteiger partial charge in [-0.25, -0.2) is 21.6 Å². The van der Waals surface area contributed by atoms with Gasteiger partial charge >= 0.3 is 0 Å². The second-order valence-electron chi connectivity index (χ2n) is 4.06. The van der Waals surface area contributed by atoms with Crippen LogP contribution in [0.15, 0.2) is 27.6 Å². The van der Waals surface area contributed by atoms with Crippen LogP contribution in [0.3, 0.4) is 0 Å². The van der Waals surface area contributed by atoms with Crippen molar-refractivity contribution in [1.82, 2.24) is 4.72 Å². The zero-order valence-electron chi connectivity index (χ0n) is 10.3. The Labute approximate surface area is 121 Å². The van der Waals surface area contributed by atoms with Crippen molar-refractivity contribution in [2.75, 3.05) is 24.3 Å². The number of hydrogen-bond donors (Lipinski definition) is 2. The quantitative estimate of drug-likeness (QED) is 0.567. The SMILES string of the molecule is CS(=O)(=O)CCCNS(=O)(=O)c1ccc(Br)c(N)c1. The predicted octanol–water partition coefficient (Wildman–Crippen LogP) is 0.744. The topological polar surface area (TPSA) is 106 Å². The Hall–Kier alpha value is -0.640. The summed E-state index contributed by atoms with van der Waals surface area (Å²) >= 11 is 3.17. The van der Waals surface area contributed by atoms with Crippen molar-refractivity contribution < 1.29 is 16.8 Å². The molecule has 0 aromatic heterocycles. The molecule has 0 saturated heterocycles. The highest BCUT2D eigenvalue weighted by Crippen LogP contribution is 2.22. The Kier molecular flexibility index (Phi) is 5.36. The summed E-state index contributed by atoms with van der Waals surface area (Å²) in [6, 6.07) is 4.29. The van der Waals surface area contributed by atoms with Crippen LogP contribution in [0, 0.1) is 0 Å². The van der Waals surface area contributed by atoms with Crippen molar-refractivity contribution in [3.8, 4) is 0 Å². The van der Waals surface area contributed by atoms with Crippen molar-refractivity contribution in [3.63, 3.8) is 0 Å². The molecule has 0 spiro atoms. The third kappa shape index (κ3) is 5.47. The number of nitrogens with one attached hydrogen (secondary N) is 1. The summed E-state index contributed by atoms with van der Waals surface area (Å²) in [5.74, 6) is -0.0575. The summed E-state index contributed by atoms with van der Waals surface area (Å²) in [4.78, 5) is 0.0487. The highest BCUT2D eigenvalue weighted by atomic mass is 79.9. The second-order valence-corrected chi connectivity index (χ2v) is 8.95. The number of benzene rings is 1. The lowest BCUT2D eigenvalue weighted by Crippen LogP contribution is -2.26. The van der Waals surface area contributed by atoms with Crippen molar-refractivity contribution >= 4 is 41.5 Å². The molecule has 1 rings (SSSR count). The summed E-state index contributed by atoms with van der Waals surface area (Å²) < 4.78 is 48.5. The van der Waals surface area contributed by atoms with E-state index in [1.165, 1.54) is 12.1 Å². The zero-order chi connectivity index (χ0) is 14.7. The van der Waals surface area contributed by atoms with Gasteiger partial charge in [-0.05, 0) is 40.5 Å². The molecule has 0 fully saturated rings. The smallest absolute Gasteiger partial charge is 0.240 e. The molecule has 0 unspecified atom stereocenters. The molecule has 0 amide bonds. The molecule has 1 aromatic carbocycles. The van der Waals surface area contributed by atoms with Crippen LogP contribution in [0.4, 0.5) is 5.69 Å². The van der Waals surface area contributed by atoms with Gasteiger partial charge in [0.15, 0.2) is 0 Å². The molecule has 3 N–H and O–H groups in total. The van der Waals surface area contributed by atoms with Gasteiger partial charge in [-0.2, -0.15) is 0 Å². The van der Waals surface area contributed by atoms with E-state index >= 15 is 0 Å². The van der Waals surface area contributed by atoms with Crippen molar-refractivity contribution in [2.45, 2.75) is 11.3 Å². The first-order chi connectivity index (χ1) is 8.62. The van der Waals surface area contributed by atoms with Gasteiger partial charge in [0.25, 0.3) is 0 Å². The van der Waals surface area contributed by atoms with E-state index < -0.39 is 19.9 Å². The Morgan fingerprint density at radius 1 is 1.26 bits per heavy atom. The fourth-order valence-electron chi connectivity index (χ4n) is 1.31. The molecular weight excluding hydrogens is 356 g/mol. The van der Waals surface area contributed by atoms with Gasteiger partial charge in [0, 0.05) is 23.0 Å². The van der Waals surface area contributed by atoms with Gasteiger partial charge in [0.1, 0.15) is 9.84 Å². The second kappa shape index (κ2) is 6.21. The maximum Gasteiger partial charge on any atom is 0.240 e. The van der Waals surface area contributed by atoms with E-state index in [1.54, 1.807) is 6.07 Å². The Bertz CT molecular complexity index is 656. The van der Waals surface area contributed by atoms with E-state index in [1.807, 2.05) is 0 Å². The van der Waals surface area contributed by atoms with Crippen LogP contribution in [0.1, 0.15) is 6.42 Å². The molecule has 0 aliphatic heterocycles. The molecule has 0 aliphatic carbocycles. The first-order valence-electron chi connectivity index (χ1n) is 5.34. The van der Waals surface area contributed by atoms with Crippen LogP contribution in [-0.2, 0) is 19.9 Å². The average Bonchev–Trinajstić information content (AvgIpc) is 2.27. The Morgan fingerprint density at radius 2 is 1.89 bits per heavy atom. The molecule has 0 aliphatic rings. The molecule has 9 heteroatoms. The molecule has 0 saturated carbocycles. The Morgan fingerprint density at radius 3 is 2.42 bits per heavy atom. The molecule has 19 heavy (non-hydrogen) atoms. The van der Waals surface area contributed by atoms with E-state index in [4.69, 9.17) is 5.73 Å². The normalized spacial score (nSPS) is 12.5. The molecule has 108 valence electrons.